The maximum absolute atomic E-state index is 13.2. The molecule has 0 fully saturated rings. The molecule has 104 valence electrons. The van der Waals surface area contributed by atoms with Crippen molar-refractivity contribution >= 4 is 22.9 Å². The van der Waals surface area contributed by atoms with Crippen molar-refractivity contribution in [2.24, 2.45) is 5.73 Å². The summed E-state index contributed by atoms with van der Waals surface area (Å²) in [6.45, 7) is 2.61. The maximum atomic E-state index is 13.2. The Labute approximate surface area is 124 Å². The van der Waals surface area contributed by atoms with E-state index in [-0.39, 0.29) is 5.82 Å². The fourth-order valence-corrected chi connectivity index (χ4v) is 2.52. The summed E-state index contributed by atoms with van der Waals surface area (Å²) in [6.07, 6.45) is 0. The normalized spacial score (nSPS) is 10.3. The third-order valence-electron chi connectivity index (χ3n) is 3.19. The second-order valence-corrected chi connectivity index (χ2v) is 5.26. The first-order valence-corrected chi connectivity index (χ1v) is 6.75. The molecule has 20 heavy (non-hydrogen) atoms. The number of nitrogens with two attached hydrogens (primary N) is 1. The number of para-hydroxylation sites is 1. The summed E-state index contributed by atoms with van der Waals surface area (Å²) < 4.78 is 13.2. The van der Waals surface area contributed by atoms with Gasteiger partial charge in [-0.25, -0.2) is 4.39 Å². The lowest BCUT2D eigenvalue weighted by Gasteiger charge is -2.24. The van der Waals surface area contributed by atoms with Gasteiger partial charge in [-0.1, -0.05) is 36.5 Å². The standard InChI is InChI=1S/C16H17FN2S/c1-11-5-3-8-14(16(18)20)15(11)19(2)10-12-6-4-7-13(17)9-12/h3-9H,10H2,1-2H3,(H2,18,20). The Balaban J connectivity index is 2.34. The Morgan fingerprint density at radius 3 is 2.60 bits per heavy atom. The first kappa shape index (κ1) is 14.5. The highest BCUT2D eigenvalue weighted by molar-refractivity contribution is 7.80. The van der Waals surface area contributed by atoms with E-state index in [0.29, 0.717) is 11.5 Å². The lowest BCUT2D eigenvalue weighted by Crippen LogP contribution is -2.22. The predicted molar refractivity (Wildman–Crippen MR) is 85.6 cm³/mol. The predicted octanol–water partition coefficient (Wildman–Crippen LogP) is 3.40. The molecule has 0 bridgehead atoms. The number of hydrogen-bond donors (Lipinski definition) is 1. The number of anilines is 1. The third kappa shape index (κ3) is 3.14. The highest BCUT2D eigenvalue weighted by Crippen LogP contribution is 2.25. The van der Waals surface area contributed by atoms with E-state index >= 15 is 0 Å². The second kappa shape index (κ2) is 6.01. The van der Waals surface area contributed by atoms with Crippen LogP contribution in [0.5, 0.6) is 0 Å². The van der Waals surface area contributed by atoms with Crippen molar-refractivity contribution in [3.05, 3.63) is 65.0 Å². The first-order valence-electron chi connectivity index (χ1n) is 6.34. The molecule has 0 unspecified atom stereocenters. The minimum absolute atomic E-state index is 0.227. The topological polar surface area (TPSA) is 29.3 Å². The van der Waals surface area contributed by atoms with E-state index in [9.17, 15) is 4.39 Å². The lowest BCUT2D eigenvalue weighted by atomic mass is 10.1. The molecule has 2 aromatic rings. The van der Waals surface area contributed by atoms with E-state index in [1.807, 2.05) is 43.1 Å². The molecule has 4 heteroatoms. The van der Waals surface area contributed by atoms with Crippen molar-refractivity contribution < 1.29 is 4.39 Å². The van der Waals surface area contributed by atoms with Crippen molar-refractivity contribution in [2.45, 2.75) is 13.5 Å². The van der Waals surface area contributed by atoms with Crippen LogP contribution >= 0.6 is 12.2 Å². The fourth-order valence-electron chi connectivity index (χ4n) is 2.35. The Hall–Kier alpha value is -1.94. The van der Waals surface area contributed by atoms with E-state index in [4.69, 9.17) is 18.0 Å². The van der Waals surface area contributed by atoms with Crippen molar-refractivity contribution in [2.75, 3.05) is 11.9 Å². The Morgan fingerprint density at radius 2 is 1.95 bits per heavy atom. The summed E-state index contributed by atoms with van der Waals surface area (Å²) in [4.78, 5) is 2.41. The summed E-state index contributed by atoms with van der Waals surface area (Å²) >= 11 is 5.10. The highest BCUT2D eigenvalue weighted by Gasteiger charge is 2.12. The monoisotopic (exact) mass is 288 g/mol. The number of hydrogen-bond acceptors (Lipinski definition) is 2. The van der Waals surface area contributed by atoms with E-state index < -0.39 is 0 Å². The summed E-state index contributed by atoms with van der Waals surface area (Å²) in [5.74, 6) is -0.227. The molecule has 0 saturated carbocycles. The van der Waals surface area contributed by atoms with Crippen molar-refractivity contribution in [1.29, 1.82) is 0 Å². The van der Waals surface area contributed by atoms with Gasteiger partial charge < -0.3 is 10.6 Å². The molecule has 2 nitrogen and oxygen atoms in total. The molecule has 0 aromatic heterocycles. The van der Waals surface area contributed by atoms with Crippen LogP contribution in [0.3, 0.4) is 0 Å². The molecule has 0 saturated heterocycles. The zero-order valence-electron chi connectivity index (χ0n) is 11.6. The van der Waals surface area contributed by atoms with Gasteiger partial charge >= 0.3 is 0 Å². The molecular weight excluding hydrogens is 271 g/mol. The summed E-state index contributed by atoms with van der Waals surface area (Å²) in [5.41, 5.74) is 9.62. The minimum Gasteiger partial charge on any atom is -0.389 e. The molecule has 0 aliphatic rings. The average molecular weight is 288 g/mol. The first-order chi connectivity index (χ1) is 9.49. The average Bonchev–Trinajstić information content (AvgIpc) is 2.38. The molecule has 2 aromatic carbocycles. The van der Waals surface area contributed by atoms with Gasteiger partial charge in [-0.3, -0.25) is 0 Å². The zero-order chi connectivity index (χ0) is 14.7. The van der Waals surface area contributed by atoms with Crippen LogP contribution in [0.1, 0.15) is 16.7 Å². The molecule has 0 heterocycles. The number of nitrogens with zero attached hydrogens (tertiary/aromatic N) is 1. The van der Waals surface area contributed by atoms with Crippen LogP contribution in [-0.2, 0) is 6.54 Å². The third-order valence-corrected chi connectivity index (χ3v) is 3.41. The molecule has 0 aliphatic carbocycles. The molecule has 0 radical (unpaired) electrons. The van der Waals surface area contributed by atoms with E-state index in [2.05, 4.69) is 0 Å². The van der Waals surface area contributed by atoms with E-state index in [0.717, 1.165) is 22.4 Å². The molecule has 0 atom stereocenters. The molecule has 0 spiro atoms. The lowest BCUT2D eigenvalue weighted by molar-refractivity contribution is 0.625. The quantitative estimate of drug-likeness (QED) is 0.874. The van der Waals surface area contributed by atoms with Crippen LogP contribution in [0.2, 0.25) is 0 Å². The number of benzene rings is 2. The smallest absolute Gasteiger partial charge is 0.123 e. The van der Waals surface area contributed by atoms with Crippen LogP contribution in [-0.4, -0.2) is 12.0 Å². The van der Waals surface area contributed by atoms with E-state index in [1.54, 1.807) is 6.07 Å². The highest BCUT2D eigenvalue weighted by atomic mass is 32.1. The molecule has 0 aliphatic heterocycles. The van der Waals surface area contributed by atoms with Crippen LogP contribution in [0.15, 0.2) is 42.5 Å². The van der Waals surface area contributed by atoms with Gasteiger partial charge in [0.2, 0.25) is 0 Å². The summed E-state index contributed by atoms with van der Waals surface area (Å²) in [5, 5.41) is 0. The molecule has 2 rings (SSSR count). The van der Waals surface area contributed by atoms with Crippen molar-refractivity contribution in [3.8, 4) is 0 Å². The number of halogens is 1. The van der Waals surface area contributed by atoms with Gasteiger partial charge in [0.1, 0.15) is 10.8 Å². The van der Waals surface area contributed by atoms with Gasteiger partial charge in [-0.15, -0.1) is 0 Å². The van der Waals surface area contributed by atoms with Gasteiger partial charge in [0.25, 0.3) is 0 Å². The van der Waals surface area contributed by atoms with Crippen LogP contribution in [0.4, 0.5) is 10.1 Å². The largest absolute Gasteiger partial charge is 0.389 e. The van der Waals surface area contributed by atoms with Gasteiger partial charge in [-0.2, -0.15) is 0 Å². The molecule has 2 N–H and O–H groups in total. The second-order valence-electron chi connectivity index (χ2n) is 4.82. The van der Waals surface area contributed by atoms with E-state index in [1.165, 1.54) is 12.1 Å². The molecular formula is C16H17FN2S. The van der Waals surface area contributed by atoms with Gasteiger partial charge in [-0.05, 0) is 36.2 Å². The minimum atomic E-state index is -0.227. The summed E-state index contributed by atoms with van der Waals surface area (Å²) in [7, 11) is 1.95. The SMILES string of the molecule is Cc1cccc(C(N)=S)c1N(C)Cc1cccc(F)c1. The Bertz CT molecular complexity index is 640. The zero-order valence-corrected chi connectivity index (χ0v) is 12.4. The van der Waals surface area contributed by atoms with Gasteiger partial charge in [0, 0.05) is 24.8 Å². The van der Waals surface area contributed by atoms with Crippen molar-refractivity contribution in [1.82, 2.24) is 0 Å². The number of rotatable bonds is 4. The Morgan fingerprint density at radius 1 is 1.25 bits per heavy atom. The summed E-state index contributed by atoms with van der Waals surface area (Å²) in [6, 6.07) is 12.4. The number of aryl methyl sites for hydroxylation is 1. The molecule has 0 amide bonds. The van der Waals surface area contributed by atoms with Gasteiger partial charge in [0.15, 0.2) is 0 Å². The van der Waals surface area contributed by atoms with Crippen LogP contribution < -0.4 is 10.6 Å². The number of thiocarbonyl (C=S) groups is 1. The van der Waals surface area contributed by atoms with Gasteiger partial charge in [0.05, 0.1) is 0 Å². The van der Waals surface area contributed by atoms with Crippen LogP contribution in [0, 0.1) is 12.7 Å². The fraction of sp³-hybridized carbons (Fsp3) is 0.188. The van der Waals surface area contributed by atoms with Crippen LogP contribution in [0.25, 0.3) is 0 Å². The maximum Gasteiger partial charge on any atom is 0.123 e. The van der Waals surface area contributed by atoms with Crippen molar-refractivity contribution in [3.63, 3.8) is 0 Å². The Kier molecular flexibility index (Phi) is 4.35.